The summed E-state index contributed by atoms with van der Waals surface area (Å²) in [4.78, 5) is 3.95. The van der Waals surface area contributed by atoms with Gasteiger partial charge < -0.3 is 9.47 Å². The van der Waals surface area contributed by atoms with Gasteiger partial charge in [0.15, 0.2) is 0 Å². The van der Waals surface area contributed by atoms with E-state index < -0.39 is 10.0 Å². The second kappa shape index (κ2) is 9.05. The molecule has 1 N–H and O–H groups in total. The van der Waals surface area contributed by atoms with Gasteiger partial charge in [-0.15, -0.1) is 11.3 Å². The van der Waals surface area contributed by atoms with Gasteiger partial charge in [0, 0.05) is 24.0 Å². The average molecular weight is 411 g/mol. The first-order valence-corrected chi connectivity index (χ1v) is 11.3. The van der Waals surface area contributed by atoms with Gasteiger partial charge in [0.05, 0.1) is 14.2 Å². The Labute approximate surface area is 165 Å². The second-order valence-electron chi connectivity index (χ2n) is 6.67. The molecule has 1 aliphatic rings. The number of ether oxygens (including phenoxy) is 2. The topological polar surface area (TPSA) is 67.9 Å². The lowest BCUT2D eigenvalue weighted by molar-refractivity contribution is 0.180. The first-order valence-electron chi connectivity index (χ1n) is 8.98. The van der Waals surface area contributed by atoms with Gasteiger partial charge in [0.25, 0.3) is 0 Å². The van der Waals surface area contributed by atoms with E-state index in [2.05, 4.69) is 27.1 Å². The molecule has 0 atom stereocenters. The number of nitrogens with zero attached hydrogens (tertiary/aromatic N) is 1. The van der Waals surface area contributed by atoms with E-state index in [0.29, 0.717) is 18.2 Å². The summed E-state index contributed by atoms with van der Waals surface area (Å²) < 4.78 is 38.5. The highest BCUT2D eigenvalue weighted by molar-refractivity contribution is 7.89. The van der Waals surface area contributed by atoms with Crippen LogP contribution < -0.4 is 14.2 Å². The normalized spacial score (nSPS) is 16.4. The molecule has 8 heteroatoms. The van der Waals surface area contributed by atoms with Gasteiger partial charge in [-0.1, -0.05) is 6.07 Å². The highest BCUT2D eigenvalue weighted by Gasteiger charge is 2.24. The Balaban J connectivity index is 1.54. The van der Waals surface area contributed by atoms with Crippen LogP contribution in [0.4, 0.5) is 0 Å². The van der Waals surface area contributed by atoms with Crippen molar-refractivity contribution in [3.63, 3.8) is 0 Å². The van der Waals surface area contributed by atoms with Crippen LogP contribution in [0.2, 0.25) is 0 Å². The first-order chi connectivity index (χ1) is 13.0. The summed E-state index contributed by atoms with van der Waals surface area (Å²) in [5.41, 5.74) is 0. The van der Waals surface area contributed by atoms with Crippen molar-refractivity contribution in [2.45, 2.75) is 24.3 Å². The summed E-state index contributed by atoms with van der Waals surface area (Å²) in [6, 6.07) is 8.96. The molecule has 0 bridgehead atoms. The minimum atomic E-state index is -3.62. The van der Waals surface area contributed by atoms with Crippen LogP contribution in [0.3, 0.4) is 0 Å². The monoisotopic (exact) mass is 410 g/mol. The lowest BCUT2D eigenvalue weighted by Gasteiger charge is -2.31. The number of methoxy groups -OCH3 is 2. The largest absolute Gasteiger partial charge is 0.497 e. The van der Waals surface area contributed by atoms with Crippen molar-refractivity contribution in [3.05, 3.63) is 40.6 Å². The van der Waals surface area contributed by atoms with E-state index >= 15 is 0 Å². The van der Waals surface area contributed by atoms with E-state index in [0.717, 1.165) is 32.5 Å². The molecule has 1 aliphatic heterocycles. The van der Waals surface area contributed by atoms with Gasteiger partial charge >= 0.3 is 0 Å². The fraction of sp³-hybridized carbons (Fsp3) is 0.474. The van der Waals surface area contributed by atoms with Crippen LogP contribution in [0, 0.1) is 5.92 Å². The maximum atomic E-state index is 12.7. The van der Waals surface area contributed by atoms with E-state index in [4.69, 9.17) is 9.47 Å². The highest BCUT2D eigenvalue weighted by Crippen LogP contribution is 2.28. The van der Waals surface area contributed by atoms with Gasteiger partial charge in [0.2, 0.25) is 10.0 Å². The summed E-state index contributed by atoms with van der Waals surface area (Å²) in [6.45, 7) is 3.43. The van der Waals surface area contributed by atoms with Crippen LogP contribution in [0.5, 0.6) is 11.5 Å². The Kier molecular flexibility index (Phi) is 6.75. The van der Waals surface area contributed by atoms with Gasteiger partial charge in [-0.3, -0.25) is 4.90 Å². The first kappa shape index (κ1) is 20.1. The molecule has 1 fully saturated rings. The molecule has 2 aromatic rings. The molecule has 3 rings (SSSR count). The van der Waals surface area contributed by atoms with Crippen molar-refractivity contribution in [1.29, 1.82) is 0 Å². The SMILES string of the molecule is COc1ccc(S(=O)(=O)NCC2CCN(Cc3cccs3)CC2)c(OC)c1. The molecule has 1 saturated heterocycles. The van der Waals surface area contributed by atoms with Gasteiger partial charge in [0.1, 0.15) is 16.4 Å². The lowest BCUT2D eigenvalue weighted by Crippen LogP contribution is -2.38. The predicted octanol–water partition coefficient (Wildman–Crippen LogP) is 2.96. The quantitative estimate of drug-likeness (QED) is 0.725. The Morgan fingerprint density at radius 2 is 1.96 bits per heavy atom. The number of likely N-dealkylation sites (tertiary alicyclic amines) is 1. The summed E-state index contributed by atoms with van der Waals surface area (Å²) >= 11 is 1.78. The third-order valence-corrected chi connectivity index (χ3v) is 7.21. The Morgan fingerprint density at radius 1 is 1.19 bits per heavy atom. The minimum absolute atomic E-state index is 0.140. The van der Waals surface area contributed by atoms with E-state index in [-0.39, 0.29) is 10.6 Å². The maximum absolute atomic E-state index is 12.7. The number of piperidine rings is 1. The van der Waals surface area contributed by atoms with Crippen molar-refractivity contribution in [3.8, 4) is 11.5 Å². The molecule has 2 heterocycles. The van der Waals surface area contributed by atoms with E-state index in [1.165, 1.54) is 25.2 Å². The molecule has 27 heavy (non-hydrogen) atoms. The fourth-order valence-electron chi connectivity index (χ4n) is 3.27. The van der Waals surface area contributed by atoms with E-state index in [9.17, 15) is 8.42 Å². The third kappa shape index (κ3) is 5.22. The summed E-state index contributed by atoms with van der Waals surface area (Å²) in [5.74, 6) is 1.19. The summed E-state index contributed by atoms with van der Waals surface area (Å²) in [7, 11) is -0.635. The Morgan fingerprint density at radius 3 is 2.59 bits per heavy atom. The molecule has 1 aromatic heterocycles. The third-order valence-electron chi connectivity index (χ3n) is 4.89. The van der Waals surface area contributed by atoms with Crippen LogP contribution >= 0.6 is 11.3 Å². The zero-order chi connectivity index (χ0) is 19.3. The van der Waals surface area contributed by atoms with Gasteiger partial charge in [-0.25, -0.2) is 13.1 Å². The van der Waals surface area contributed by atoms with Crippen LogP contribution in [0.15, 0.2) is 40.6 Å². The molecule has 0 radical (unpaired) electrons. The van der Waals surface area contributed by atoms with Crippen LogP contribution in [-0.2, 0) is 16.6 Å². The highest BCUT2D eigenvalue weighted by atomic mass is 32.2. The van der Waals surface area contributed by atoms with E-state index in [1.807, 2.05) is 0 Å². The molecule has 0 spiro atoms. The molecule has 0 unspecified atom stereocenters. The number of sulfonamides is 1. The Hall–Kier alpha value is -1.61. The summed E-state index contributed by atoms with van der Waals surface area (Å²) in [6.07, 6.45) is 1.99. The minimum Gasteiger partial charge on any atom is -0.497 e. The van der Waals surface area contributed by atoms with Crippen molar-refractivity contribution in [1.82, 2.24) is 9.62 Å². The molecule has 1 aromatic carbocycles. The zero-order valence-electron chi connectivity index (χ0n) is 15.7. The van der Waals surface area contributed by atoms with Crippen molar-refractivity contribution in [2.24, 2.45) is 5.92 Å². The predicted molar refractivity (Wildman–Crippen MR) is 107 cm³/mol. The second-order valence-corrected chi connectivity index (χ2v) is 9.44. The molecular formula is C19H26N2O4S2. The number of hydrogen-bond acceptors (Lipinski definition) is 6. The van der Waals surface area contributed by atoms with Crippen LogP contribution in [0.25, 0.3) is 0 Å². The number of thiophene rings is 1. The zero-order valence-corrected chi connectivity index (χ0v) is 17.3. The maximum Gasteiger partial charge on any atom is 0.244 e. The van der Waals surface area contributed by atoms with Crippen molar-refractivity contribution < 1.29 is 17.9 Å². The molecule has 0 saturated carbocycles. The van der Waals surface area contributed by atoms with Crippen molar-refractivity contribution in [2.75, 3.05) is 33.9 Å². The smallest absolute Gasteiger partial charge is 0.244 e. The van der Waals surface area contributed by atoms with Crippen LogP contribution in [0.1, 0.15) is 17.7 Å². The van der Waals surface area contributed by atoms with Crippen molar-refractivity contribution >= 4 is 21.4 Å². The standard InChI is InChI=1S/C19H26N2O4S2/c1-24-16-5-6-19(18(12-16)25-2)27(22,23)20-13-15-7-9-21(10-8-15)14-17-4-3-11-26-17/h3-6,11-12,15,20H,7-10,13-14H2,1-2H3. The molecule has 6 nitrogen and oxygen atoms in total. The van der Waals surface area contributed by atoms with Gasteiger partial charge in [-0.2, -0.15) is 0 Å². The van der Waals surface area contributed by atoms with E-state index in [1.54, 1.807) is 23.5 Å². The Bertz CT molecular complexity index is 829. The van der Waals surface area contributed by atoms with Gasteiger partial charge in [-0.05, 0) is 55.4 Å². The number of benzene rings is 1. The average Bonchev–Trinajstić information content (AvgIpc) is 3.20. The summed E-state index contributed by atoms with van der Waals surface area (Å²) in [5, 5.41) is 2.10. The van der Waals surface area contributed by atoms with Crippen LogP contribution in [-0.4, -0.2) is 47.2 Å². The molecular weight excluding hydrogens is 384 g/mol. The number of hydrogen-bond donors (Lipinski definition) is 1. The number of nitrogens with one attached hydrogen (secondary N) is 1. The number of rotatable bonds is 8. The molecule has 148 valence electrons. The molecule has 0 aliphatic carbocycles. The fourth-order valence-corrected chi connectivity index (χ4v) is 5.28. The lowest BCUT2D eigenvalue weighted by atomic mass is 9.97. The molecule has 0 amide bonds.